The second kappa shape index (κ2) is 5.13. The molecule has 20 heavy (non-hydrogen) atoms. The minimum Gasteiger partial charge on any atom is -0.497 e. The summed E-state index contributed by atoms with van der Waals surface area (Å²) in [6.45, 7) is 0. The molecule has 0 unspecified atom stereocenters. The van der Waals surface area contributed by atoms with Gasteiger partial charge in [0.05, 0.1) is 7.11 Å². The zero-order chi connectivity index (χ0) is 13.9. The van der Waals surface area contributed by atoms with E-state index in [-0.39, 0.29) is 11.7 Å². The maximum Gasteiger partial charge on any atom is 0.248 e. The summed E-state index contributed by atoms with van der Waals surface area (Å²) in [5.74, 6) is 1.00. The Morgan fingerprint density at radius 3 is 2.25 bits per heavy atom. The van der Waals surface area contributed by atoms with Crippen LogP contribution in [0.5, 0.6) is 5.75 Å². The molecule has 0 atom stereocenters. The molecule has 2 aromatic carbocycles. The van der Waals surface area contributed by atoms with Gasteiger partial charge in [0.2, 0.25) is 11.8 Å². The second-order valence-corrected chi connectivity index (χ2v) is 4.15. The number of methoxy groups -OCH3 is 1. The molecule has 0 N–H and O–H groups in total. The van der Waals surface area contributed by atoms with Crippen LogP contribution in [0.15, 0.2) is 52.9 Å². The molecule has 0 fully saturated rings. The lowest BCUT2D eigenvalue weighted by Crippen LogP contribution is -1.83. The van der Waals surface area contributed by atoms with Crippen LogP contribution >= 0.6 is 0 Å². The van der Waals surface area contributed by atoms with Crippen LogP contribution in [0.1, 0.15) is 0 Å². The number of hydrogen-bond donors (Lipinski definition) is 0. The number of ether oxygens (including phenoxy) is 1. The van der Waals surface area contributed by atoms with Crippen LogP contribution in [0.3, 0.4) is 0 Å². The standard InChI is InChI=1S/C15H11FN2O2/c1-19-13-7-3-5-11(9-13)15-18-17-14(20-15)10-4-2-6-12(16)8-10/h2-9H,1H3. The molecular formula is C15H11FN2O2. The van der Waals surface area contributed by atoms with Gasteiger partial charge in [-0.1, -0.05) is 12.1 Å². The Morgan fingerprint density at radius 2 is 1.60 bits per heavy atom. The van der Waals surface area contributed by atoms with Gasteiger partial charge in [0.1, 0.15) is 11.6 Å². The molecule has 3 rings (SSSR count). The minimum absolute atomic E-state index is 0.280. The van der Waals surface area contributed by atoms with Crippen LogP contribution in [-0.2, 0) is 0 Å². The fourth-order valence-electron chi connectivity index (χ4n) is 1.83. The molecule has 0 aliphatic carbocycles. The average molecular weight is 270 g/mol. The Kier molecular flexibility index (Phi) is 3.16. The molecular weight excluding hydrogens is 259 g/mol. The number of halogens is 1. The molecule has 0 radical (unpaired) electrons. The molecule has 1 heterocycles. The summed E-state index contributed by atoms with van der Waals surface area (Å²) in [6, 6.07) is 13.3. The van der Waals surface area contributed by atoms with E-state index >= 15 is 0 Å². The van der Waals surface area contributed by atoms with Gasteiger partial charge in [0.15, 0.2) is 0 Å². The van der Waals surface area contributed by atoms with Crippen LogP contribution in [0.25, 0.3) is 22.9 Å². The molecule has 0 aliphatic rings. The van der Waals surface area contributed by atoms with Crippen LogP contribution in [0.2, 0.25) is 0 Å². The quantitative estimate of drug-likeness (QED) is 0.730. The highest BCUT2D eigenvalue weighted by molar-refractivity contribution is 5.59. The van der Waals surface area contributed by atoms with E-state index in [1.165, 1.54) is 12.1 Å². The summed E-state index contributed by atoms with van der Waals surface area (Å²) in [5.41, 5.74) is 1.30. The average Bonchev–Trinajstić information content (AvgIpc) is 2.97. The highest BCUT2D eigenvalue weighted by Crippen LogP contribution is 2.26. The fourth-order valence-corrected chi connectivity index (χ4v) is 1.83. The molecule has 1 aromatic heterocycles. The number of rotatable bonds is 3. The lowest BCUT2D eigenvalue weighted by molar-refractivity contribution is 0.415. The lowest BCUT2D eigenvalue weighted by Gasteiger charge is -2.00. The molecule has 0 bridgehead atoms. The first-order chi connectivity index (χ1) is 9.76. The first-order valence-corrected chi connectivity index (χ1v) is 6.00. The van der Waals surface area contributed by atoms with E-state index in [0.29, 0.717) is 17.2 Å². The smallest absolute Gasteiger partial charge is 0.248 e. The maximum atomic E-state index is 13.2. The summed E-state index contributed by atoms with van der Waals surface area (Å²) >= 11 is 0. The van der Waals surface area contributed by atoms with Crippen molar-refractivity contribution in [3.8, 4) is 28.7 Å². The predicted octanol–water partition coefficient (Wildman–Crippen LogP) is 3.55. The van der Waals surface area contributed by atoms with Gasteiger partial charge >= 0.3 is 0 Å². The molecule has 5 heteroatoms. The van der Waals surface area contributed by atoms with E-state index in [1.807, 2.05) is 18.2 Å². The minimum atomic E-state index is -0.344. The highest BCUT2D eigenvalue weighted by atomic mass is 19.1. The zero-order valence-corrected chi connectivity index (χ0v) is 10.7. The van der Waals surface area contributed by atoms with Crippen molar-refractivity contribution in [1.82, 2.24) is 10.2 Å². The Bertz CT molecular complexity index is 740. The summed E-state index contributed by atoms with van der Waals surface area (Å²) in [7, 11) is 1.59. The molecule has 100 valence electrons. The van der Waals surface area contributed by atoms with E-state index in [0.717, 1.165) is 5.56 Å². The fraction of sp³-hybridized carbons (Fsp3) is 0.0667. The third-order valence-electron chi connectivity index (χ3n) is 2.81. The van der Waals surface area contributed by atoms with Crippen molar-refractivity contribution in [2.75, 3.05) is 7.11 Å². The van der Waals surface area contributed by atoms with Crippen molar-refractivity contribution in [3.05, 3.63) is 54.3 Å². The van der Waals surface area contributed by atoms with E-state index < -0.39 is 0 Å². The first-order valence-electron chi connectivity index (χ1n) is 6.00. The summed E-state index contributed by atoms with van der Waals surface area (Å²) < 4.78 is 23.9. The number of benzene rings is 2. The lowest BCUT2D eigenvalue weighted by atomic mass is 10.2. The van der Waals surface area contributed by atoms with Crippen LogP contribution in [0, 0.1) is 5.82 Å². The van der Waals surface area contributed by atoms with Gasteiger partial charge in [0.25, 0.3) is 0 Å². The molecule has 0 saturated carbocycles. The van der Waals surface area contributed by atoms with Gasteiger partial charge in [-0.2, -0.15) is 0 Å². The Hall–Kier alpha value is -2.69. The summed E-state index contributed by atoms with van der Waals surface area (Å²) in [5, 5.41) is 7.91. The largest absolute Gasteiger partial charge is 0.497 e. The van der Waals surface area contributed by atoms with Crippen molar-refractivity contribution in [2.24, 2.45) is 0 Å². The normalized spacial score (nSPS) is 10.5. The van der Waals surface area contributed by atoms with E-state index in [1.54, 1.807) is 25.3 Å². The first kappa shape index (κ1) is 12.3. The van der Waals surface area contributed by atoms with Crippen molar-refractivity contribution in [2.45, 2.75) is 0 Å². The zero-order valence-electron chi connectivity index (χ0n) is 10.7. The number of hydrogen-bond acceptors (Lipinski definition) is 4. The number of nitrogens with zero attached hydrogens (tertiary/aromatic N) is 2. The van der Waals surface area contributed by atoms with Gasteiger partial charge in [0, 0.05) is 11.1 Å². The molecule has 3 aromatic rings. The molecule has 0 amide bonds. The van der Waals surface area contributed by atoms with Crippen molar-refractivity contribution in [3.63, 3.8) is 0 Å². The monoisotopic (exact) mass is 270 g/mol. The van der Waals surface area contributed by atoms with Crippen LogP contribution < -0.4 is 4.74 Å². The second-order valence-electron chi connectivity index (χ2n) is 4.15. The van der Waals surface area contributed by atoms with Gasteiger partial charge in [-0.25, -0.2) is 4.39 Å². The van der Waals surface area contributed by atoms with Gasteiger partial charge < -0.3 is 9.15 Å². The molecule has 0 aliphatic heterocycles. The third-order valence-corrected chi connectivity index (χ3v) is 2.81. The summed E-state index contributed by atoms with van der Waals surface area (Å²) in [4.78, 5) is 0. The van der Waals surface area contributed by atoms with E-state index in [4.69, 9.17) is 9.15 Å². The predicted molar refractivity (Wildman–Crippen MR) is 71.7 cm³/mol. The van der Waals surface area contributed by atoms with Crippen LogP contribution in [0.4, 0.5) is 4.39 Å². The van der Waals surface area contributed by atoms with Gasteiger partial charge in [-0.05, 0) is 36.4 Å². The summed E-state index contributed by atoms with van der Waals surface area (Å²) in [6.07, 6.45) is 0. The van der Waals surface area contributed by atoms with E-state index in [2.05, 4.69) is 10.2 Å². The van der Waals surface area contributed by atoms with Crippen molar-refractivity contribution >= 4 is 0 Å². The van der Waals surface area contributed by atoms with Crippen LogP contribution in [-0.4, -0.2) is 17.3 Å². The van der Waals surface area contributed by atoms with E-state index in [9.17, 15) is 4.39 Å². The maximum absolute atomic E-state index is 13.2. The van der Waals surface area contributed by atoms with Crippen molar-refractivity contribution in [1.29, 1.82) is 0 Å². The molecule has 0 spiro atoms. The third kappa shape index (κ3) is 2.38. The number of aromatic nitrogens is 2. The van der Waals surface area contributed by atoms with Gasteiger partial charge in [-0.15, -0.1) is 10.2 Å². The van der Waals surface area contributed by atoms with Crippen molar-refractivity contribution < 1.29 is 13.5 Å². The SMILES string of the molecule is COc1cccc(-c2nnc(-c3cccc(F)c3)o2)c1. The topological polar surface area (TPSA) is 48.2 Å². The Morgan fingerprint density at radius 1 is 0.950 bits per heavy atom. The van der Waals surface area contributed by atoms with Gasteiger partial charge in [-0.3, -0.25) is 0 Å². The Balaban J connectivity index is 1.97. The molecule has 4 nitrogen and oxygen atoms in total. The highest BCUT2D eigenvalue weighted by Gasteiger charge is 2.11. The molecule has 0 saturated heterocycles. The Labute approximate surface area is 114 Å².